The van der Waals surface area contributed by atoms with Crippen molar-refractivity contribution < 1.29 is 23.7 Å². The van der Waals surface area contributed by atoms with Crippen LogP contribution in [0.25, 0.3) is 6.08 Å². The highest BCUT2D eigenvalue weighted by Gasteiger charge is 2.34. The Bertz CT molecular complexity index is 1690. The zero-order valence-electron chi connectivity index (χ0n) is 23.9. The molecule has 0 fully saturated rings. The van der Waals surface area contributed by atoms with Crippen LogP contribution in [-0.4, -0.2) is 36.5 Å². The van der Waals surface area contributed by atoms with Crippen molar-refractivity contribution in [3.8, 4) is 17.2 Å². The van der Waals surface area contributed by atoms with E-state index in [2.05, 4.69) is 4.99 Å². The first-order valence-corrected chi connectivity index (χ1v) is 14.7. The number of thiazole rings is 1. The summed E-state index contributed by atoms with van der Waals surface area (Å²) in [5.74, 6) is 0.888. The molecule has 2 aromatic carbocycles. The summed E-state index contributed by atoms with van der Waals surface area (Å²) < 4.78 is 24.7. The van der Waals surface area contributed by atoms with Crippen molar-refractivity contribution in [2.24, 2.45) is 4.99 Å². The molecule has 3 aromatic rings. The molecular formula is C30H32Cl2N2O6S. The lowest BCUT2D eigenvalue weighted by molar-refractivity contribution is -0.139. The number of benzene rings is 2. The highest BCUT2D eigenvalue weighted by molar-refractivity contribution is 7.07. The predicted octanol–water partition coefficient (Wildman–Crippen LogP) is 5.69. The molecule has 0 amide bonds. The molecule has 4 rings (SSSR count). The molecule has 0 bridgehead atoms. The van der Waals surface area contributed by atoms with Gasteiger partial charge in [-0.3, -0.25) is 9.36 Å². The van der Waals surface area contributed by atoms with E-state index < -0.39 is 12.0 Å². The lowest BCUT2D eigenvalue weighted by Crippen LogP contribution is -2.40. The summed E-state index contributed by atoms with van der Waals surface area (Å²) in [4.78, 5) is 32.4. The van der Waals surface area contributed by atoms with E-state index in [-0.39, 0.29) is 29.9 Å². The number of hydrogen-bond acceptors (Lipinski definition) is 8. The van der Waals surface area contributed by atoms with Gasteiger partial charge < -0.3 is 18.9 Å². The van der Waals surface area contributed by atoms with Gasteiger partial charge in [-0.1, -0.05) is 40.6 Å². The van der Waals surface area contributed by atoms with Crippen LogP contribution >= 0.6 is 34.5 Å². The molecule has 0 saturated heterocycles. The molecular weight excluding hydrogens is 587 g/mol. The lowest BCUT2D eigenvalue weighted by Gasteiger charge is -2.25. The lowest BCUT2D eigenvalue weighted by atomic mass is 9.95. The number of methoxy groups -OCH3 is 1. The Kier molecular flexibility index (Phi) is 9.51. The number of nitrogens with zero attached hydrogens (tertiary/aromatic N) is 2. The quantitative estimate of drug-likeness (QED) is 0.286. The van der Waals surface area contributed by atoms with Crippen LogP contribution in [-0.2, 0) is 9.53 Å². The van der Waals surface area contributed by atoms with E-state index in [1.165, 1.54) is 23.0 Å². The van der Waals surface area contributed by atoms with Crippen LogP contribution in [0.3, 0.4) is 0 Å². The predicted molar refractivity (Wildman–Crippen MR) is 161 cm³/mol. The van der Waals surface area contributed by atoms with E-state index in [1.807, 2.05) is 33.8 Å². The van der Waals surface area contributed by atoms with Gasteiger partial charge in [0.05, 0.1) is 52.8 Å². The van der Waals surface area contributed by atoms with Crippen molar-refractivity contribution in [1.29, 1.82) is 0 Å². The van der Waals surface area contributed by atoms with Crippen LogP contribution in [0.5, 0.6) is 17.2 Å². The fourth-order valence-electron chi connectivity index (χ4n) is 4.50. The molecule has 1 atom stereocenters. The molecule has 218 valence electrons. The number of fused-ring (bicyclic) bond motifs is 1. The van der Waals surface area contributed by atoms with E-state index in [1.54, 1.807) is 44.2 Å². The first-order chi connectivity index (χ1) is 19.4. The zero-order valence-corrected chi connectivity index (χ0v) is 26.2. The first kappa shape index (κ1) is 30.7. The molecule has 1 aromatic heterocycles. The SMILES string of the molecule is CCOC(=O)C1=C(C)N=c2s/c(=C/c3cc(Cl)cc(Cl)c3OC(C)C)c(=O)n2[C@H]1c1ccc(OC(C)C)c(OC)c1. The second-order valence-corrected chi connectivity index (χ2v) is 11.7. The van der Waals surface area contributed by atoms with Crippen molar-refractivity contribution >= 4 is 46.6 Å². The van der Waals surface area contributed by atoms with Crippen molar-refractivity contribution in [2.45, 2.75) is 59.8 Å². The summed E-state index contributed by atoms with van der Waals surface area (Å²) in [7, 11) is 1.54. The molecule has 0 saturated carbocycles. The van der Waals surface area contributed by atoms with Crippen LogP contribution in [0.4, 0.5) is 0 Å². The Balaban J connectivity index is 1.97. The van der Waals surface area contributed by atoms with Gasteiger partial charge in [-0.2, -0.15) is 0 Å². The monoisotopic (exact) mass is 618 g/mol. The Hall–Kier alpha value is -3.27. The standard InChI is InChI=1S/C30H32Cl2N2O6S/c1-8-38-29(36)25-17(6)33-30-34(26(25)18-9-10-22(39-15(2)3)23(12-18)37-7)28(35)24(41-30)13-19-11-20(31)14-21(32)27(19)40-16(4)5/h9-16,26H,8H2,1-7H3/b24-13+/t26-/m0/s1. The summed E-state index contributed by atoms with van der Waals surface area (Å²) in [5.41, 5.74) is 1.56. The average Bonchev–Trinajstić information content (AvgIpc) is 3.19. The van der Waals surface area contributed by atoms with Crippen molar-refractivity contribution in [3.63, 3.8) is 0 Å². The number of allylic oxidation sites excluding steroid dienone is 1. The summed E-state index contributed by atoms with van der Waals surface area (Å²) in [5, 5.41) is 0.735. The smallest absolute Gasteiger partial charge is 0.338 e. The Labute approximate surface area is 252 Å². The fourth-order valence-corrected chi connectivity index (χ4v) is 6.09. The maximum Gasteiger partial charge on any atom is 0.338 e. The van der Waals surface area contributed by atoms with Gasteiger partial charge >= 0.3 is 5.97 Å². The van der Waals surface area contributed by atoms with Gasteiger partial charge in [0, 0.05) is 10.6 Å². The number of aromatic nitrogens is 1. The zero-order chi connectivity index (χ0) is 30.0. The number of rotatable bonds is 9. The minimum absolute atomic E-state index is 0.0748. The van der Waals surface area contributed by atoms with Crippen LogP contribution < -0.4 is 29.1 Å². The van der Waals surface area contributed by atoms with Gasteiger partial charge in [0.2, 0.25) is 0 Å². The molecule has 0 aliphatic carbocycles. The second-order valence-electron chi connectivity index (χ2n) is 9.85. The second kappa shape index (κ2) is 12.7. The topological polar surface area (TPSA) is 88.4 Å². The molecule has 0 N–H and O–H groups in total. The summed E-state index contributed by atoms with van der Waals surface area (Å²) >= 11 is 14.0. The number of ether oxygens (including phenoxy) is 4. The van der Waals surface area contributed by atoms with Gasteiger partial charge in [0.15, 0.2) is 16.3 Å². The van der Waals surface area contributed by atoms with Crippen LogP contribution in [0.15, 0.2) is 51.4 Å². The fraction of sp³-hybridized carbons (Fsp3) is 0.367. The van der Waals surface area contributed by atoms with Crippen molar-refractivity contribution in [1.82, 2.24) is 4.57 Å². The highest BCUT2D eigenvalue weighted by Crippen LogP contribution is 2.37. The maximum atomic E-state index is 14.0. The number of carbonyl (C=O) groups is 1. The number of hydrogen-bond donors (Lipinski definition) is 0. The molecule has 0 unspecified atom stereocenters. The molecule has 0 radical (unpaired) electrons. The molecule has 2 heterocycles. The molecule has 11 heteroatoms. The Morgan fingerprint density at radius 3 is 2.44 bits per heavy atom. The van der Waals surface area contributed by atoms with Crippen LogP contribution in [0.2, 0.25) is 10.0 Å². The maximum absolute atomic E-state index is 14.0. The largest absolute Gasteiger partial charge is 0.493 e. The number of carbonyl (C=O) groups excluding carboxylic acids is 1. The van der Waals surface area contributed by atoms with Crippen LogP contribution in [0, 0.1) is 0 Å². The van der Waals surface area contributed by atoms with E-state index in [9.17, 15) is 9.59 Å². The third-order valence-corrected chi connectivity index (χ3v) is 7.54. The first-order valence-electron chi connectivity index (χ1n) is 13.1. The number of esters is 1. The van der Waals surface area contributed by atoms with E-state index in [0.29, 0.717) is 53.5 Å². The van der Waals surface area contributed by atoms with Gasteiger partial charge in [-0.25, -0.2) is 9.79 Å². The number of halogens is 2. The molecule has 0 spiro atoms. The summed E-state index contributed by atoms with van der Waals surface area (Å²) in [6, 6.07) is 7.81. The van der Waals surface area contributed by atoms with E-state index in [0.717, 1.165) is 0 Å². The molecule has 41 heavy (non-hydrogen) atoms. The third kappa shape index (κ3) is 6.47. The van der Waals surface area contributed by atoms with Gasteiger partial charge in [-0.15, -0.1) is 0 Å². The third-order valence-electron chi connectivity index (χ3n) is 6.06. The molecule has 1 aliphatic heterocycles. The minimum atomic E-state index is -0.816. The van der Waals surface area contributed by atoms with Gasteiger partial charge in [-0.05, 0) is 77.4 Å². The van der Waals surface area contributed by atoms with Crippen molar-refractivity contribution in [2.75, 3.05) is 13.7 Å². The highest BCUT2D eigenvalue weighted by atomic mass is 35.5. The van der Waals surface area contributed by atoms with Crippen LogP contribution in [0.1, 0.15) is 58.7 Å². The van der Waals surface area contributed by atoms with E-state index in [4.69, 9.17) is 42.1 Å². The van der Waals surface area contributed by atoms with Crippen molar-refractivity contribution in [3.05, 3.63) is 82.5 Å². The summed E-state index contributed by atoms with van der Waals surface area (Å²) in [6.45, 7) is 11.2. The Morgan fingerprint density at radius 2 is 1.80 bits per heavy atom. The van der Waals surface area contributed by atoms with E-state index >= 15 is 0 Å². The minimum Gasteiger partial charge on any atom is -0.493 e. The average molecular weight is 620 g/mol. The normalized spacial score (nSPS) is 15.2. The van der Waals surface area contributed by atoms with Gasteiger partial charge in [0.1, 0.15) is 5.75 Å². The molecule has 1 aliphatic rings. The summed E-state index contributed by atoms with van der Waals surface area (Å²) in [6.07, 6.45) is 1.45. The Morgan fingerprint density at radius 1 is 1.10 bits per heavy atom. The van der Waals surface area contributed by atoms with Gasteiger partial charge in [0.25, 0.3) is 5.56 Å². The molecule has 8 nitrogen and oxygen atoms in total.